The molecular weight excluding hydrogens is 288 g/mol. The Morgan fingerprint density at radius 2 is 2.00 bits per heavy atom. The summed E-state index contributed by atoms with van der Waals surface area (Å²) in [5.74, 6) is -3.07. The number of amides is 2. The summed E-state index contributed by atoms with van der Waals surface area (Å²) in [6.45, 7) is 0. The fourth-order valence-electron chi connectivity index (χ4n) is 1.43. The predicted octanol–water partition coefficient (Wildman–Crippen LogP) is 1.08. The first-order valence-corrected chi connectivity index (χ1v) is 7.10. The molecule has 0 aliphatic heterocycles. The Morgan fingerprint density at radius 1 is 1.35 bits per heavy atom. The van der Waals surface area contributed by atoms with Crippen molar-refractivity contribution < 1.29 is 18.4 Å². The van der Waals surface area contributed by atoms with Gasteiger partial charge in [-0.3, -0.25) is 9.59 Å². The summed E-state index contributed by atoms with van der Waals surface area (Å²) in [7, 11) is 0. The Morgan fingerprint density at radius 3 is 2.55 bits per heavy atom. The molecule has 2 amide bonds. The van der Waals surface area contributed by atoms with E-state index in [1.807, 2.05) is 6.26 Å². The molecule has 0 unspecified atom stereocenters. The lowest BCUT2D eigenvalue weighted by atomic mass is 10.1. The molecule has 0 heterocycles. The summed E-state index contributed by atoms with van der Waals surface area (Å²) in [5, 5.41) is 2.22. The predicted molar refractivity (Wildman–Crippen MR) is 74.5 cm³/mol. The minimum Gasteiger partial charge on any atom is -0.366 e. The molecule has 0 radical (unpaired) electrons. The molecule has 110 valence electrons. The van der Waals surface area contributed by atoms with Crippen molar-refractivity contribution in [3.05, 3.63) is 29.3 Å². The minimum absolute atomic E-state index is 0.329. The number of thioether (sulfide) groups is 1. The summed E-state index contributed by atoms with van der Waals surface area (Å²) < 4.78 is 26.8. The highest BCUT2D eigenvalue weighted by molar-refractivity contribution is 7.98. The maximum Gasteiger partial charge on any atom is 0.251 e. The molecule has 0 aliphatic carbocycles. The van der Waals surface area contributed by atoms with Gasteiger partial charge in [0, 0.05) is 6.07 Å². The normalized spacial score (nSPS) is 12.0. The van der Waals surface area contributed by atoms with Gasteiger partial charge in [0.2, 0.25) is 5.91 Å². The second kappa shape index (κ2) is 7.20. The number of nitrogens with two attached hydrogens (primary N) is 2. The molecule has 0 fully saturated rings. The van der Waals surface area contributed by atoms with Gasteiger partial charge in [-0.05, 0) is 24.5 Å². The van der Waals surface area contributed by atoms with Gasteiger partial charge in [-0.15, -0.1) is 0 Å². The molecule has 0 aromatic heterocycles. The van der Waals surface area contributed by atoms with Gasteiger partial charge in [0.05, 0.1) is 17.3 Å². The zero-order valence-corrected chi connectivity index (χ0v) is 11.6. The Balaban J connectivity index is 2.89. The number of hydrogen-bond acceptors (Lipinski definition) is 4. The van der Waals surface area contributed by atoms with Gasteiger partial charge in [-0.1, -0.05) is 0 Å². The maximum absolute atomic E-state index is 13.5. The monoisotopic (exact) mass is 303 g/mol. The van der Waals surface area contributed by atoms with E-state index in [4.69, 9.17) is 11.5 Å². The van der Waals surface area contributed by atoms with Crippen LogP contribution in [0.5, 0.6) is 0 Å². The van der Waals surface area contributed by atoms with Crippen molar-refractivity contribution in [1.29, 1.82) is 0 Å². The van der Waals surface area contributed by atoms with Crippen molar-refractivity contribution in [1.82, 2.24) is 0 Å². The number of benzene rings is 1. The van der Waals surface area contributed by atoms with E-state index in [-0.39, 0.29) is 5.69 Å². The third-order valence-corrected chi connectivity index (χ3v) is 3.19. The van der Waals surface area contributed by atoms with Crippen LogP contribution in [-0.2, 0) is 4.79 Å². The Bertz CT molecular complexity index is 526. The van der Waals surface area contributed by atoms with E-state index in [0.29, 0.717) is 18.2 Å². The van der Waals surface area contributed by atoms with Crippen LogP contribution in [-0.4, -0.2) is 29.9 Å². The largest absolute Gasteiger partial charge is 0.366 e. The first-order valence-electron chi connectivity index (χ1n) is 5.71. The Kier molecular flexibility index (Phi) is 5.90. The molecule has 1 rings (SSSR count). The lowest BCUT2D eigenvalue weighted by Gasteiger charge is -2.13. The van der Waals surface area contributed by atoms with E-state index in [2.05, 4.69) is 5.32 Å². The van der Waals surface area contributed by atoms with Gasteiger partial charge in [-0.25, -0.2) is 8.78 Å². The Labute approximate surface area is 119 Å². The average Bonchev–Trinajstić information content (AvgIpc) is 2.38. The molecule has 0 spiro atoms. The molecule has 1 atom stereocenters. The summed E-state index contributed by atoms with van der Waals surface area (Å²) in [6.07, 6.45) is 2.28. The number of carbonyl (C=O) groups is 2. The minimum atomic E-state index is -1.08. The highest BCUT2D eigenvalue weighted by atomic mass is 32.2. The van der Waals surface area contributed by atoms with Crippen molar-refractivity contribution in [2.45, 2.75) is 12.5 Å². The first kappa shape index (κ1) is 16.4. The standard InChI is InChI=1S/C12H15F2N3O2S/c1-20-3-2-9(15)12(19)17-10-4-6(11(16)18)7(13)5-8(10)14/h4-5,9H,2-3,15H2,1H3,(H2,16,18)(H,17,19)/t9-/m1/s1. The molecule has 8 heteroatoms. The average molecular weight is 303 g/mol. The van der Waals surface area contributed by atoms with Crippen molar-refractivity contribution in [3.8, 4) is 0 Å². The van der Waals surface area contributed by atoms with E-state index in [0.717, 1.165) is 6.07 Å². The molecule has 5 N–H and O–H groups in total. The smallest absolute Gasteiger partial charge is 0.251 e. The molecule has 1 aromatic carbocycles. The van der Waals surface area contributed by atoms with Crippen LogP contribution in [0.1, 0.15) is 16.8 Å². The Hall–Kier alpha value is -1.67. The number of halogens is 2. The van der Waals surface area contributed by atoms with Crippen LogP contribution in [0.2, 0.25) is 0 Å². The lowest BCUT2D eigenvalue weighted by Crippen LogP contribution is -2.36. The number of primary amides is 1. The number of rotatable bonds is 6. The highest BCUT2D eigenvalue weighted by Crippen LogP contribution is 2.19. The van der Waals surface area contributed by atoms with E-state index >= 15 is 0 Å². The maximum atomic E-state index is 13.5. The van der Waals surface area contributed by atoms with Gasteiger partial charge in [0.15, 0.2) is 0 Å². The molecule has 0 bridgehead atoms. The number of nitrogens with one attached hydrogen (secondary N) is 1. The fraction of sp³-hybridized carbons (Fsp3) is 0.333. The fourth-order valence-corrected chi connectivity index (χ4v) is 1.92. The topological polar surface area (TPSA) is 98.2 Å². The second-order valence-electron chi connectivity index (χ2n) is 4.05. The van der Waals surface area contributed by atoms with Crippen LogP contribution in [0.4, 0.5) is 14.5 Å². The number of carbonyl (C=O) groups excluding carboxylic acids is 2. The van der Waals surface area contributed by atoms with Gasteiger partial charge >= 0.3 is 0 Å². The molecule has 20 heavy (non-hydrogen) atoms. The van der Waals surface area contributed by atoms with Gasteiger partial charge in [-0.2, -0.15) is 11.8 Å². The van der Waals surface area contributed by atoms with E-state index < -0.39 is 35.1 Å². The molecule has 5 nitrogen and oxygen atoms in total. The molecular formula is C12H15F2N3O2S. The SMILES string of the molecule is CSCC[C@@H](N)C(=O)Nc1cc(C(N)=O)c(F)cc1F. The van der Waals surface area contributed by atoms with Crippen molar-refractivity contribution >= 4 is 29.3 Å². The molecule has 1 aromatic rings. The van der Waals surface area contributed by atoms with Gasteiger partial charge in [0.25, 0.3) is 5.91 Å². The van der Waals surface area contributed by atoms with Crippen LogP contribution in [0.3, 0.4) is 0 Å². The first-order chi connectivity index (χ1) is 9.36. The van der Waals surface area contributed by atoms with Crippen LogP contribution >= 0.6 is 11.8 Å². The van der Waals surface area contributed by atoms with Crippen molar-refractivity contribution in [2.24, 2.45) is 11.5 Å². The van der Waals surface area contributed by atoms with Crippen molar-refractivity contribution in [3.63, 3.8) is 0 Å². The summed E-state index contributed by atoms with van der Waals surface area (Å²) >= 11 is 1.52. The second-order valence-corrected chi connectivity index (χ2v) is 5.04. The van der Waals surface area contributed by atoms with E-state index in [1.165, 1.54) is 11.8 Å². The van der Waals surface area contributed by atoms with E-state index in [1.54, 1.807) is 0 Å². The lowest BCUT2D eigenvalue weighted by molar-refractivity contribution is -0.117. The molecule has 0 saturated heterocycles. The quantitative estimate of drug-likeness (QED) is 0.732. The zero-order valence-electron chi connectivity index (χ0n) is 10.8. The van der Waals surface area contributed by atoms with Crippen LogP contribution < -0.4 is 16.8 Å². The summed E-state index contributed by atoms with van der Waals surface area (Å²) in [5.41, 5.74) is 9.73. The van der Waals surface area contributed by atoms with Gasteiger partial charge in [0.1, 0.15) is 11.6 Å². The van der Waals surface area contributed by atoms with Crippen LogP contribution in [0.15, 0.2) is 12.1 Å². The molecule has 0 aliphatic rings. The van der Waals surface area contributed by atoms with Crippen molar-refractivity contribution in [2.75, 3.05) is 17.3 Å². The summed E-state index contributed by atoms with van der Waals surface area (Å²) in [6, 6.07) is 0.527. The third kappa shape index (κ3) is 4.17. The van der Waals surface area contributed by atoms with Crippen LogP contribution in [0.25, 0.3) is 0 Å². The summed E-state index contributed by atoms with van der Waals surface area (Å²) in [4.78, 5) is 22.7. The number of hydrogen-bond donors (Lipinski definition) is 3. The van der Waals surface area contributed by atoms with Crippen LogP contribution in [0, 0.1) is 11.6 Å². The molecule has 0 saturated carbocycles. The number of anilines is 1. The highest BCUT2D eigenvalue weighted by Gasteiger charge is 2.18. The van der Waals surface area contributed by atoms with Gasteiger partial charge < -0.3 is 16.8 Å². The third-order valence-electron chi connectivity index (χ3n) is 2.55. The van der Waals surface area contributed by atoms with E-state index in [9.17, 15) is 18.4 Å². The zero-order chi connectivity index (χ0) is 15.3.